The summed E-state index contributed by atoms with van der Waals surface area (Å²) < 4.78 is 36.8. The van der Waals surface area contributed by atoms with Gasteiger partial charge in [0.25, 0.3) is 11.8 Å². The lowest BCUT2D eigenvalue weighted by molar-refractivity contribution is -0.193. The summed E-state index contributed by atoms with van der Waals surface area (Å²) in [6.07, 6.45) is 9.80. The summed E-state index contributed by atoms with van der Waals surface area (Å²) in [5, 5.41) is 13.0. The van der Waals surface area contributed by atoms with Gasteiger partial charge in [0.15, 0.2) is 17.2 Å². The quantitative estimate of drug-likeness (QED) is 0.182. The number of halogens is 2. The molecular formula is C49H61F2N13O4. The van der Waals surface area contributed by atoms with Gasteiger partial charge in [-0.1, -0.05) is 31.4 Å². The number of rotatable bonds is 9. The molecule has 3 N–H and O–H groups in total. The topological polar surface area (TPSA) is 161 Å². The summed E-state index contributed by atoms with van der Waals surface area (Å²) in [6.45, 7) is 6.48. The van der Waals surface area contributed by atoms with Crippen molar-refractivity contribution in [3.8, 4) is 0 Å². The number of amides is 3. The Morgan fingerprint density at radius 2 is 1.66 bits per heavy atom. The lowest BCUT2D eigenvalue weighted by atomic mass is 9.59. The van der Waals surface area contributed by atoms with Gasteiger partial charge in [0.1, 0.15) is 6.04 Å². The number of alkyl halides is 2. The molecule has 68 heavy (non-hydrogen) atoms. The number of hydrogen-bond donors (Lipinski definition) is 3. The van der Waals surface area contributed by atoms with Crippen LogP contribution in [0.3, 0.4) is 0 Å². The Hall–Kier alpha value is -5.92. The van der Waals surface area contributed by atoms with Gasteiger partial charge in [-0.25, -0.2) is 23.1 Å². The largest absolute Gasteiger partial charge is 0.385 e. The number of anilines is 4. The minimum absolute atomic E-state index is 0.131. The highest BCUT2D eigenvalue weighted by Gasteiger charge is 2.59. The first kappa shape index (κ1) is 44.6. The highest BCUT2D eigenvalue weighted by atomic mass is 19.3. The maximum Gasteiger partial charge on any atom is 0.329 e. The second-order valence-electron chi connectivity index (χ2n) is 20.1. The number of hydrogen-bond acceptors (Lipinski definition) is 12. The molecule has 3 aromatic heterocycles. The minimum Gasteiger partial charge on any atom is -0.385 e. The van der Waals surface area contributed by atoms with Crippen LogP contribution >= 0.6 is 0 Å². The van der Waals surface area contributed by atoms with Gasteiger partial charge in [-0.15, -0.1) is 5.10 Å². The third-order valence-corrected chi connectivity index (χ3v) is 15.6. The molecule has 2 aromatic carbocycles. The van der Waals surface area contributed by atoms with E-state index in [1.165, 1.54) is 30.0 Å². The van der Waals surface area contributed by atoms with E-state index in [1.54, 1.807) is 23.2 Å². The van der Waals surface area contributed by atoms with Crippen molar-refractivity contribution in [2.45, 2.75) is 88.4 Å². The van der Waals surface area contributed by atoms with E-state index < -0.39 is 23.9 Å². The molecule has 5 aromatic rings. The van der Waals surface area contributed by atoms with E-state index in [2.05, 4.69) is 52.7 Å². The molecule has 2 atom stereocenters. The van der Waals surface area contributed by atoms with Crippen LogP contribution in [0.5, 0.6) is 0 Å². The maximum absolute atomic E-state index is 16.1. The summed E-state index contributed by atoms with van der Waals surface area (Å²) in [6, 6.07) is 13.0. The van der Waals surface area contributed by atoms with E-state index >= 15 is 8.78 Å². The van der Waals surface area contributed by atoms with Crippen molar-refractivity contribution in [2.75, 3.05) is 88.1 Å². The lowest BCUT2D eigenvalue weighted by Crippen LogP contribution is -2.72. The van der Waals surface area contributed by atoms with E-state index in [4.69, 9.17) is 5.10 Å². The number of fused-ring (bicyclic) bond motifs is 3. The van der Waals surface area contributed by atoms with E-state index in [0.29, 0.717) is 61.2 Å². The molecule has 360 valence electrons. The zero-order valence-corrected chi connectivity index (χ0v) is 39.1. The number of likely N-dealkylation sites (tertiary alicyclic amines) is 2. The van der Waals surface area contributed by atoms with Crippen LogP contribution in [0.25, 0.3) is 16.7 Å². The zero-order valence-electron chi connectivity index (χ0n) is 39.1. The fourth-order valence-corrected chi connectivity index (χ4v) is 11.9. The van der Waals surface area contributed by atoms with E-state index in [9.17, 15) is 19.2 Å². The van der Waals surface area contributed by atoms with Crippen LogP contribution in [0.15, 0.2) is 53.5 Å². The molecule has 2 saturated carbocycles. The number of nitrogens with zero attached hydrogens (tertiary/aromatic N) is 10. The van der Waals surface area contributed by atoms with Gasteiger partial charge in [0.2, 0.25) is 11.8 Å². The number of carbonyl (C=O) groups is 3. The monoisotopic (exact) mass is 933 g/mol. The molecular weight excluding hydrogens is 873 g/mol. The molecule has 12 rings (SSSR count). The van der Waals surface area contributed by atoms with Crippen LogP contribution in [0.2, 0.25) is 0 Å². The zero-order chi connectivity index (χ0) is 47.1. The molecule has 8 heterocycles. The van der Waals surface area contributed by atoms with Gasteiger partial charge in [-0.2, -0.15) is 0 Å². The standard InChI is InChI=1S/C46H55F2N13O4.C3H6/c1-49-32-20-39(53-61-37(42(63)50-2)23-51-41(32)61)59-14-11-31-28(5-4-6-33(31)59)24-55-13-12-38(46(47,48)27-55)58-25-45(26-58)21-30(22-45)57-17-15-56(16-18-57)29-7-8-34-36(19-29)54(3)44(65)60(34)35-9-10-40(62)52-43(35)64;1-2-3-1/h4-8,19-20,23,30,35,38,49H,9-18,21-22,24-27H2,1-3H3,(H,50,63)(H,52,62,64);1-3H2. The Labute approximate surface area is 393 Å². The summed E-state index contributed by atoms with van der Waals surface area (Å²) in [5.41, 5.74) is 7.14. The van der Waals surface area contributed by atoms with Crippen LogP contribution in [0.1, 0.15) is 79.0 Å². The smallest absolute Gasteiger partial charge is 0.329 e. The first-order valence-electron chi connectivity index (χ1n) is 24.4. The third kappa shape index (κ3) is 7.89. The third-order valence-electron chi connectivity index (χ3n) is 15.6. The predicted molar refractivity (Wildman–Crippen MR) is 255 cm³/mol. The Morgan fingerprint density at radius 1 is 0.882 bits per heavy atom. The van der Waals surface area contributed by atoms with Crippen LogP contribution in [-0.4, -0.2) is 147 Å². The number of nitrogens with one attached hydrogen (secondary N) is 3. The molecule has 17 nitrogen and oxygen atoms in total. The number of imide groups is 1. The van der Waals surface area contributed by atoms with Crippen LogP contribution in [0.4, 0.5) is 31.7 Å². The molecule has 4 saturated heterocycles. The van der Waals surface area contributed by atoms with E-state index in [-0.39, 0.29) is 35.9 Å². The Kier molecular flexibility index (Phi) is 11.3. The number of carbonyl (C=O) groups excluding carboxylic acids is 3. The number of piperidine rings is 2. The summed E-state index contributed by atoms with van der Waals surface area (Å²) in [5.74, 6) is -3.18. The fraction of sp³-hybridized carbons (Fsp3) is 0.551. The Morgan fingerprint density at radius 3 is 2.37 bits per heavy atom. The van der Waals surface area contributed by atoms with Gasteiger partial charge < -0.3 is 20.4 Å². The van der Waals surface area contributed by atoms with Gasteiger partial charge in [-0.3, -0.25) is 43.5 Å². The number of piperazine rings is 1. The fourth-order valence-electron chi connectivity index (χ4n) is 11.9. The van der Waals surface area contributed by atoms with Gasteiger partial charge in [-0.05, 0) is 72.9 Å². The number of benzene rings is 2. The van der Waals surface area contributed by atoms with Gasteiger partial charge >= 0.3 is 5.69 Å². The molecule has 5 aliphatic heterocycles. The molecule has 7 aliphatic rings. The molecule has 2 unspecified atom stereocenters. The molecule has 0 radical (unpaired) electrons. The van der Waals surface area contributed by atoms with Gasteiger partial charge in [0, 0.05) is 110 Å². The van der Waals surface area contributed by atoms with Gasteiger partial charge in [0.05, 0.1) is 35.5 Å². The van der Waals surface area contributed by atoms with Crippen LogP contribution < -0.4 is 31.4 Å². The highest BCUT2D eigenvalue weighted by molar-refractivity contribution is 6.00. The highest BCUT2D eigenvalue weighted by Crippen LogP contribution is 2.53. The van der Waals surface area contributed by atoms with E-state index in [0.717, 1.165) is 92.2 Å². The summed E-state index contributed by atoms with van der Waals surface area (Å²) >= 11 is 0. The second-order valence-corrected chi connectivity index (χ2v) is 20.1. The van der Waals surface area contributed by atoms with Crippen LogP contribution in [0, 0.1) is 5.41 Å². The molecule has 1 spiro atoms. The van der Waals surface area contributed by atoms with Crippen molar-refractivity contribution in [3.63, 3.8) is 0 Å². The predicted octanol–water partition coefficient (Wildman–Crippen LogP) is 4.12. The SMILES string of the molecule is C1CC1.CNC(=O)c1cnc2c(NC)cc(N3CCc4c(CN5CCC(N6CC7(CC(N8CCN(c9ccc%10c(c9)n(C)c(=O)n%10C9CCC(=O)NC9=O)CC8)C7)C6)C(F)(F)C5)cccc43)nn12. The number of aromatic nitrogens is 5. The first-order chi connectivity index (χ1) is 32.8. The van der Waals surface area contributed by atoms with Crippen molar-refractivity contribution in [1.29, 1.82) is 0 Å². The van der Waals surface area contributed by atoms with Crippen molar-refractivity contribution < 1.29 is 23.2 Å². The van der Waals surface area contributed by atoms with Crippen molar-refractivity contribution >= 4 is 57.3 Å². The summed E-state index contributed by atoms with van der Waals surface area (Å²) in [7, 11) is 5.10. The van der Waals surface area contributed by atoms with E-state index in [1.807, 2.05) is 42.3 Å². The maximum atomic E-state index is 16.1. The molecule has 6 fully saturated rings. The normalized spacial score (nSPS) is 23.8. The average Bonchev–Trinajstić information content (AvgIpc) is 3.97. The van der Waals surface area contributed by atoms with Crippen LogP contribution in [-0.2, 0) is 29.6 Å². The average molecular weight is 934 g/mol. The number of imidazole rings is 2. The minimum atomic E-state index is -2.82. The first-order valence-corrected chi connectivity index (χ1v) is 24.4. The van der Waals surface area contributed by atoms with Crippen molar-refractivity contribution in [1.82, 2.24) is 49.1 Å². The Bertz CT molecular complexity index is 2850. The second kappa shape index (κ2) is 17.2. The molecule has 19 heteroatoms. The molecule has 3 amide bonds. The molecule has 0 bridgehead atoms. The molecule has 2 aliphatic carbocycles. The lowest BCUT2D eigenvalue weighted by Gasteiger charge is -2.64. The van der Waals surface area contributed by atoms with Crippen molar-refractivity contribution in [2.24, 2.45) is 12.5 Å². The Balaban J connectivity index is 0.00000163. The van der Waals surface area contributed by atoms with Crippen molar-refractivity contribution in [3.05, 3.63) is 76.0 Å². The number of aryl methyl sites for hydroxylation is 1. The summed E-state index contributed by atoms with van der Waals surface area (Å²) in [4.78, 5) is 65.6.